The first-order chi connectivity index (χ1) is 9.81. The van der Waals surface area contributed by atoms with Crippen molar-refractivity contribution in [2.75, 3.05) is 45.9 Å². The third kappa shape index (κ3) is 2.06. The van der Waals surface area contributed by atoms with Crippen molar-refractivity contribution in [2.24, 2.45) is 5.73 Å². The minimum Gasteiger partial charge on any atom is -0.486 e. The van der Waals surface area contributed by atoms with Crippen molar-refractivity contribution in [3.05, 3.63) is 23.8 Å². The van der Waals surface area contributed by atoms with Gasteiger partial charge in [0.05, 0.1) is 0 Å². The Morgan fingerprint density at radius 2 is 1.80 bits per heavy atom. The Morgan fingerprint density at radius 1 is 1.05 bits per heavy atom. The largest absolute Gasteiger partial charge is 0.486 e. The van der Waals surface area contributed by atoms with Gasteiger partial charge in [-0.05, 0) is 17.7 Å². The fourth-order valence-electron chi connectivity index (χ4n) is 3.49. The summed E-state index contributed by atoms with van der Waals surface area (Å²) in [7, 11) is 0. The first-order valence-corrected chi connectivity index (χ1v) is 7.43. The summed E-state index contributed by atoms with van der Waals surface area (Å²) in [5, 5.41) is 0. The van der Waals surface area contributed by atoms with E-state index in [0.717, 1.165) is 36.7 Å². The molecule has 108 valence electrons. The number of nitrogens with two attached hydrogens (primary N) is 1. The molecule has 2 atom stereocenters. The van der Waals surface area contributed by atoms with Crippen LogP contribution in [0.4, 0.5) is 0 Å². The van der Waals surface area contributed by atoms with Crippen molar-refractivity contribution in [3.63, 3.8) is 0 Å². The van der Waals surface area contributed by atoms with Crippen LogP contribution in [0.3, 0.4) is 0 Å². The van der Waals surface area contributed by atoms with Crippen LogP contribution in [0.5, 0.6) is 11.5 Å². The molecule has 2 unspecified atom stereocenters. The van der Waals surface area contributed by atoms with Crippen molar-refractivity contribution >= 4 is 0 Å². The first-order valence-electron chi connectivity index (χ1n) is 7.43. The van der Waals surface area contributed by atoms with Gasteiger partial charge in [-0.25, -0.2) is 0 Å². The van der Waals surface area contributed by atoms with Crippen molar-refractivity contribution in [2.45, 2.75) is 12.1 Å². The number of ether oxygens (including phenoxy) is 2. The highest BCUT2D eigenvalue weighted by Gasteiger charge is 2.36. The van der Waals surface area contributed by atoms with Gasteiger partial charge in [-0.1, -0.05) is 6.07 Å². The molecular formula is C15H21N3O2. The maximum absolute atomic E-state index is 6.52. The van der Waals surface area contributed by atoms with Crippen molar-refractivity contribution in [1.29, 1.82) is 0 Å². The highest BCUT2D eigenvalue weighted by Crippen LogP contribution is 2.34. The van der Waals surface area contributed by atoms with E-state index in [2.05, 4.69) is 21.9 Å². The van der Waals surface area contributed by atoms with Crippen LogP contribution in [0.25, 0.3) is 0 Å². The quantitative estimate of drug-likeness (QED) is 0.849. The molecule has 0 aromatic heterocycles. The first kappa shape index (κ1) is 12.4. The van der Waals surface area contributed by atoms with Crippen LogP contribution in [0.2, 0.25) is 0 Å². The van der Waals surface area contributed by atoms with Gasteiger partial charge in [0.15, 0.2) is 11.5 Å². The lowest BCUT2D eigenvalue weighted by Gasteiger charge is -2.49. The van der Waals surface area contributed by atoms with Crippen LogP contribution in [0, 0.1) is 0 Å². The Hall–Kier alpha value is -1.30. The summed E-state index contributed by atoms with van der Waals surface area (Å²) in [6.07, 6.45) is 0. The predicted molar refractivity (Wildman–Crippen MR) is 76.2 cm³/mol. The van der Waals surface area contributed by atoms with E-state index in [0.29, 0.717) is 19.3 Å². The molecule has 2 N–H and O–H groups in total. The summed E-state index contributed by atoms with van der Waals surface area (Å²) in [5.74, 6) is 1.67. The van der Waals surface area contributed by atoms with Crippen molar-refractivity contribution in [1.82, 2.24) is 9.80 Å². The minimum atomic E-state index is 0.0360. The molecule has 2 bridgehead atoms. The van der Waals surface area contributed by atoms with Gasteiger partial charge in [-0.2, -0.15) is 0 Å². The number of benzene rings is 1. The van der Waals surface area contributed by atoms with E-state index in [-0.39, 0.29) is 6.04 Å². The third-order valence-corrected chi connectivity index (χ3v) is 4.69. The molecule has 5 heteroatoms. The van der Waals surface area contributed by atoms with E-state index in [1.807, 2.05) is 6.07 Å². The van der Waals surface area contributed by atoms with E-state index in [9.17, 15) is 0 Å². The average Bonchev–Trinajstić information content (AvgIpc) is 2.54. The van der Waals surface area contributed by atoms with Crippen LogP contribution in [-0.4, -0.2) is 61.8 Å². The second-order valence-electron chi connectivity index (χ2n) is 5.83. The van der Waals surface area contributed by atoms with E-state index in [1.165, 1.54) is 13.1 Å². The zero-order chi connectivity index (χ0) is 13.5. The molecule has 5 nitrogen and oxygen atoms in total. The molecule has 0 radical (unpaired) electrons. The number of hydrogen-bond donors (Lipinski definition) is 1. The molecule has 0 amide bonds. The molecule has 1 aromatic rings. The van der Waals surface area contributed by atoms with E-state index >= 15 is 0 Å². The summed E-state index contributed by atoms with van der Waals surface area (Å²) in [6.45, 7) is 6.98. The lowest BCUT2D eigenvalue weighted by atomic mass is 9.94. The van der Waals surface area contributed by atoms with Crippen LogP contribution >= 0.6 is 0 Å². The van der Waals surface area contributed by atoms with E-state index in [4.69, 9.17) is 15.2 Å². The molecule has 4 aliphatic heterocycles. The second-order valence-corrected chi connectivity index (χ2v) is 5.83. The smallest absolute Gasteiger partial charge is 0.161 e. The Labute approximate surface area is 119 Å². The summed E-state index contributed by atoms with van der Waals surface area (Å²) in [4.78, 5) is 5.05. The monoisotopic (exact) mass is 275 g/mol. The summed E-state index contributed by atoms with van der Waals surface area (Å²) >= 11 is 0. The second kappa shape index (κ2) is 4.91. The molecule has 3 fully saturated rings. The number of hydrogen-bond acceptors (Lipinski definition) is 5. The van der Waals surface area contributed by atoms with Gasteiger partial charge in [0, 0.05) is 44.8 Å². The maximum Gasteiger partial charge on any atom is 0.161 e. The normalized spacial score (nSPS) is 33.0. The molecule has 0 spiro atoms. The highest BCUT2D eigenvalue weighted by atomic mass is 16.6. The molecule has 4 heterocycles. The molecule has 0 saturated carbocycles. The summed E-state index contributed by atoms with van der Waals surface area (Å²) in [5.41, 5.74) is 7.67. The Balaban J connectivity index is 1.57. The molecule has 1 aromatic carbocycles. The SMILES string of the molecule is NC(c1ccc2c(c1)OCCO2)C1CN2CCN1CC2. The van der Waals surface area contributed by atoms with Crippen LogP contribution in [0.15, 0.2) is 18.2 Å². The lowest BCUT2D eigenvalue weighted by Crippen LogP contribution is -2.63. The average molecular weight is 275 g/mol. The Morgan fingerprint density at radius 3 is 2.50 bits per heavy atom. The number of piperazine rings is 3. The summed E-state index contributed by atoms with van der Waals surface area (Å²) < 4.78 is 11.2. The minimum absolute atomic E-state index is 0.0360. The van der Waals surface area contributed by atoms with Gasteiger partial charge >= 0.3 is 0 Å². The third-order valence-electron chi connectivity index (χ3n) is 4.69. The van der Waals surface area contributed by atoms with Crippen molar-refractivity contribution in [3.8, 4) is 11.5 Å². The van der Waals surface area contributed by atoms with Crippen molar-refractivity contribution < 1.29 is 9.47 Å². The number of fused-ring (bicyclic) bond motifs is 4. The van der Waals surface area contributed by atoms with E-state index < -0.39 is 0 Å². The standard InChI is InChI=1S/C15H21N3O2/c16-15(12-10-17-3-5-18(12)6-4-17)11-1-2-13-14(9-11)20-8-7-19-13/h1-2,9,12,15H,3-8,10,16H2. The van der Waals surface area contributed by atoms with Crippen LogP contribution < -0.4 is 15.2 Å². The lowest BCUT2D eigenvalue weighted by molar-refractivity contribution is 0.00209. The Bertz CT molecular complexity index is 500. The van der Waals surface area contributed by atoms with Crippen LogP contribution in [0.1, 0.15) is 11.6 Å². The zero-order valence-electron chi connectivity index (χ0n) is 11.6. The van der Waals surface area contributed by atoms with Gasteiger partial charge in [-0.3, -0.25) is 9.80 Å². The molecule has 4 aliphatic rings. The van der Waals surface area contributed by atoms with Gasteiger partial charge < -0.3 is 15.2 Å². The number of nitrogens with zero attached hydrogens (tertiary/aromatic N) is 2. The molecule has 3 saturated heterocycles. The van der Waals surface area contributed by atoms with Gasteiger partial charge in [0.2, 0.25) is 0 Å². The molecular weight excluding hydrogens is 254 g/mol. The molecule has 5 rings (SSSR count). The molecule has 0 aliphatic carbocycles. The fraction of sp³-hybridized carbons (Fsp3) is 0.600. The fourth-order valence-corrected chi connectivity index (χ4v) is 3.49. The van der Waals surface area contributed by atoms with Gasteiger partial charge in [0.1, 0.15) is 13.2 Å². The highest BCUT2D eigenvalue weighted by molar-refractivity contribution is 5.45. The maximum atomic E-state index is 6.52. The predicted octanol–water partition coefficient (Wildman–Crippen LogP) is 0.457. The summed E-state index contributed by atoms with van der Waals surface area (Å²) in [6, 6.07) is 6.57. The van der Waals surface area contributed by atoms with Gasteiger partial charge in [-0.15, -0.1) is 0 Å². The van der Waals surface area contributed by atoms with E-state index in [1.54, 1.807) is 0 Å². The topological polar surface area (TPSA) is 51.0 Å². The van der Waals surface area contributed by atoms with Gasteiger partial charge in [0.25, 0.3) is 0 Å². The van der Waals surface area contributed by atoms with Crippen LogP contribution in [-0.2, 0) is 0 Å². The number of rotatable bonds is 2. The Kier molecular flexibility index (Phi) is 3.06. The molecule has 20 heavy (non-hydrogen) atoms. The zero-order valence-corrected chi connectivity index (χ0v) is 11.6.